The first-order valence-corrected chi connectivity index (χ1v) is 11.4. The number of rotatable bonds is 7. The number of hydrazone groups is 1. The van der Waals surface area contributed by atoms with E-state index in [1.54, 1.807) is 41.3 Å². The highest BCUT2D eigenvalue weighted by molar-refractivity contribution is 6.14. The largest absolute Gasteiger partial charge is 0.573 e. The van der Waals surface area contributed by atoms with Gasteiger partial charge in [0.2, 0.25) is 0 Å². The lowest BCUT2D eigenvalue weighted by Crippen LogP contribution is -2.32. The number of nitrogens with zero attached hydrogens (tertiary/aromatic N) is 3. The molecule has 0 saturated carbocycles. The number of carbonyl (C=O) groups excluding carboxylic acids is 1. The van der Waals surface area contributed by atoms with Crippen LogP contribution in [0.25, 0.3) is 0 Å². The first-order chi connectivity index (χ1) is 19.1. The van der Waals surface area contributed by atoms with Gasteiger partial charge in [-0.1, -0.05) is 30.3 Å². The fourth-order valence-electron chi connectivity index (χ4n) is 3.57. The smallest absolute Gasteiger partial charge is 0.406 e. The molecule has 0 heterocycles. The number of hydrogen-bond acceptors (Lipinski definition) is 5. The molecule has 0 aliphatic rings. The number of para-hydroxylation sites is 1. The average molecular weight is 553 g/mol. The second kappa shape index (κ2) is 11.9. The molecule has 0 fully saturated rings. The Morgan fingerprint density at radius 1 is 0.875 bits per heavy atom. The molecule has 13 heteroatoms. The Morgan fingerprint density at radius 2 is 1.52 bits per heavy atom. The summed E-state index contributed by atoms with van der Waals surface area (Å²) in [4.78, 5) is 24.8. The summed E-state index contributed by atoms with van der Waals surface area (Å²) in [5.41, 5.74) is 3.52. The van der Waals surface area contributed by atoms with Crippen molar-refractivity contribution in [1.82, 2.24) is 5.43 Å². The Morgan fingerprint density at radius 3 is 2.12 bits per heavy atom. The number of carbonyl (C=O) groups is 1. The molecule has 2 amide bonds. The van der Waals surface area contributed by atoms with Crippen LogP contribution in [0.3, 0.4) is 0 Å². The van der Waals surface area contributed by atoms with E-state index >= 15 is 0 Å². The van der Waals surface area contributed by atoms with Gasteiger partial charge < -0.3 is 10.1 Å². The number of nitro groups is 1. The van der Waals surface area contributed by atoms with Crippen LogP contribution in [0.15, 0.2) is 108 Å². The van der Waals surface area contributed by atoms with E-state index < -0.39 is 28.9 Å². The van der Waals surface area contributed by atoms with Gasteiger partial charge in [-0.2, -0.15) is 5.10 Å². The van der Waals surface area contributed by atoms with Gasteiger partial charge in [-0.05, 0) is 60.7 Å². The third kappa shape index (κ3) is 7.31. The summed E-state index contributed by atoms with van der Waals surface area (Å²) in [5.74, 6) is -0.984. The highest BCUT2D eigenvalue weighted by atomic mass is 19.4. The quantitative estimate of drug-likeness (QED) is 0.0846. The van der Waals surface area contributed by atoms with Crippen molar-refractivity contribution < 1.29 is 32.0 Å². The average Bonchev–Trinajstić information content (AvgIpc) is 2.92. The fraction of sp³-hybridized carbons (Fsp3) is 0.0370. The molecular formula is C27H19F4N5O4. The topological polar surface area (TPSA) is 109 Å². The lowest BCUT2D eigenvalue weighted by molar-refractivity contribution is -0.384. The minimum atomic E-state index is -4.86. The Balaban J connectivity index is 1.67. The Kier molecular flexibility index (Phi) is 8.23. The summed E-state index contributed by atoms with van der Waals surface area (Å²) in [6.07, 6.45) is -4.86. The molecule has 0 aromatic heterocycles. The van der Waals surface area contributed by atoms with Crippen LogP contribution < -0.4 is 20.4 Å². The zero-order valence-corrected chi connectivity index (χ0v) is 20.3. The van der Waals surface area contributed by atoms with Crippen LogP contribution in [0.4, 0.5) is 45.1 Å². The van der Waals surface area contributed by atoms with Crippen LogP contribution in [0.5, 0.6) is 5.75 Å². The molecule has 0 aliphatic heterocycles. The van der Waals surface area contributed by atoms with Gasteiger partial charge in [-0.25, -0.2) is 14.6 Å². The second-order valence-corrected chi connectivity index (χ2v) is 8.03. The minimum Gasteiger partial charge on any atom is -0.406 e. The lowest BCUT2D eigenvalue weighted by atomic mass is 10.1. The van der Waals surface area contributed by atoms with E-state index in [0.29, 0.717) is 11.4 Å². The highest BCUT2D eigenvalue weighted by Crippen LogP contribution is 2.30. The van der Waals surface area contributed by atoms with Crippen molar-refractivity contribution in [3.8, 4) is 5.75 Å². The number of nitro benzene ring substituents is 1. The van der Waals surface area contributed by atoms with Crippen LogP contribution >= 0.6 is 0 Å². The third-order valence-corrected chi connectivity index (χ3v) is 5.24. The number of alkyl halides is 3. The summed E-state index contributed by atoms with van der Waals surface area (Å²) < 4.78 is 55.2. The van der Waals surface area contributed by atoms with E-state index in [1.165, 1.54) is 54.6 Å². The van der Waals surface area contributed by atoms with Gasteiger partial charge in [0.1, 0.15) is 11.6 Å². The standard InChI is InChI=1S/C27H19F4N5O4/c28-19-6-4-5-18(17-19)25(33-34-26(37)32-20-9-15-24(16-10-20)40-27(29,30)31)35(21-7-2-1-3-8-21)22-11-13-23(14-12-22)36(38)39/h1-17H,(H2,32,34,37). The summed E-state index contributed by atoms with van der Waals surface area (Å²) >= 11 is 0. The molecule has 9 nitrogen and oxygen atoms in total. The molecule has 4 aromatic carbocycles. The van der Waals surface area contributed by atoms with Gasteiger partial charge in [0.15, 0.2) is 5.84 Å². The molecule has 4 rings (SSSR count). The zero-order chi connectivity index (χ0) is 28.7. The van der Waals surface area contributed by atoms with Gasteiger partial charge in [0.05, 0.1) is 4.92 Å². The van der Waals surface area contributed by atoms with Crippen molar-refractivity contribution >= 4 is 34.6 Å². The molecule has 2 N–H and O–H groups in total. The fourth-order valence-corrected chi connectivity index (χ4v) is 3.57. The molecule has 4 aromatic rings. The zero-order valence-electron chi connectivity index (χ0n) is 20.3. The van der Waals surface area contributed by atoms with E-state index in [4.69, 9.17) is 0 Å². The van der Waals surface area contributed by atoms with Crippen LogP contribution in [0, 0.1) is 15.9 Å². The van der Waals surface area contributed by atoms with E-state index in [2.05, 4.69) is 20.6 Å². The summed E-state index contributed by atoms with van der Waals surface area (Å²) in [6, 6.07) is 23.3. The molecule has 0 bridgehead atoms. The van der Waals surface area contributed by atoms with Gasteiger partial charge in [-0.3, -0.25) is 15.0 Å². The van der Waals surface area contributed by atoms with Gasteiger partial charge >= 0.3 is 12.4 Å². The molecule has 204 valence electrons. The van der Waals surface area contributed by atoms with E-state index in [-0.39, 0.29) is 22.8 Å². The van der Waals surface area contributed by atoms with Crippen molar-refractivity contribution in [2.24, 2.45) is 5.10 Å². The summed E-state index contributed by atoms with van der Waals surface area (Å²) in [6.45, 7) is 0. The van der Waals surface area contributed by atoms with Gasteiger partial charge in [0, 0.05) is 34.8 Å². The summed E-state index contributed by atoms with van der Waals surface area (Å²) in [5, 5.41) is 17.8. The predicted octanol–water partition coefficient (Wildman–Crippen LogP) is 6.95. The normalized spacial score (nSPS) is 11.4. The number of amidine groups is 1. The molecule has 0 saturated heterocycles. The lowest BCUT2D eigenvalue weighted by Gasteiger charge is -2.26. The third-order valence-electron chi connectivity index (χ3n) is 5.24. The van der Waals surface area contributed by atoms with Crippen molar-refractivity contribution in [2.75, 3.05) is 10.2 Å². The first kappa shape index (κ1) is 27.6. The maximum Gasteiger partial charge on any atom is 0.573 e. The number of nitrogens with one attached hydrogen (secondary N) is 2. The molecule has 40 heavy (non-hydrogen) atoms. The number of benzene rings is 4. The number of anilines is 3. The highest BCUT2D eigenvalue weighted by Gasteiger charge is 2.31. The number of amides is 2. The summed E-state index contributed by atoms with van der Waals surface area (Å²) in [7, 11) is 0. The maximum absolute atomic E-state index is 14.2. The second-order valence-electron chi connectivity index (χ2n) is 8.03. The Hall–Kier alpha value is -5.46. The van der Waals surface area contributed by atoms with Crippen molar-refractivity contribution in [3.63, 3.8) is 0 Å². The number of non-ortho nitro benzene ring substituents is 1. The predicted molar refractivity (Wildman–Crippen MR) is 140 cm³/mol. The van der Waals surface area contributed by atoms with Crippen molar-refractivity contribution in [1.29, 1.82) is 0 Å². The van der Waals surface area contributed by atoms with Crippen LogP contribution in [0.2, 0.25) is 0 Å². The molecule has 0 unspecified atom stereocenters. The monoisotopic (exact) mass is 553 g/mol. The Labute approximate surface area is 224 Å². The number of halogens is 4. The van der Waals surface area contributed by atoms with Crippen molar-refractivity contribution in [2.45, 2.75) is 6.36 Å². The van der Waals surface area contributed by atoms with E-state index in [9.17, 15) is 32.5 Å². The number of hydrogen-bond donors (Lipinski definition) is 2. The maximum atomic E-state index is 14.2. The molecule has 0 aliphatic carbocycles. The van der Waals surface area contributed by atoms with Crippen LogP contribution in [-0.4, -0.2) is 23.2 Å². The van der Waals surface area contributed by atoms with Crippen molar-refractivity contribution in [3.05, 3.63) is 125 Å². The first-order valence-electron chi connectivity index (χ1n) is 11.4. The number of urea groups is 1. The SMILES string of the molecule is O=C(NN=C(c1cccc(F)c1)N(c1ccccc1)c1ccc([N+](=O)[O-])cc1)Nc1ccc(OC(F)(F)F)cc1. The number of ether oxygens (including phenoxy) is 1. The van der Waals surface area contributed by atoms with Crippen LogP contribution in [0.1, 0.15) is 5.56 Å². The molecule has 0 radical (unpaired) electrons. The van der Waals surface area contributed by atoms with E-state index in [1.807, 2.05) is 0 Å². The minimum absolute atomic E-state index is 0.0589. The molecule has 0 spiro atoms. The van der Waals surface area contributed by atoms with Gasteiger partial charge in [0.25, 0.3) is 5.69 Å². The molecule has 0 atom stereocenters. The van der Waals surface area contributed by atoms with E-state index in [0.717, 1.165) is 12.1 Å². The molecular weight excluding hydrogens is 534 g/mol. The van der Waals surface area contributed by atoms with Gasteiger partial charge in [-0.15, -0.1) is 13.2 Å². The Bertz CT molecular complexity index is 1510. The van der Waals surface area contributed by atoms with Crippen LogP contribution in [-0.2, 0) is 0 Å².